The highest BCUT2D eigenvalue weighted by Crippen LogP contribution is 2.37. The molecule has 19 heavy (non-hydrogen) atoms. The molecule has 1 atom stereocenters. The lowest BCUT2D eigenvalue weighted by Gasteiger charge is -2.07. The summed E-state index contributed by atoms with van der Waals surface area (Å²) in [5.41, 5.74) is 2.54. The SMILES string of the molecule is COc1csc(C(Br)c2ccc3[nH]c(=O)[nH]c3c2)c1. The number of hydrogen-bond donors (Lipinski definition) is 2. The Balaban J connectivity index is 2.00. The number of fused-ring (bicyclic) bond motifs is 1. The molecule has 0 bridgehead atoms. The van der Waals surface area contributed by atoms with Crippen LogP contribution in [0.15, 0.2) is 34.4 Å². The minimum Gasteiger partial charge on any atom is -0.496 e. The molecule has 0 fully saturated rings. The Kier molecular flexibility index (Phi) is 3.20. The van der Waals surface area contributed by atoms with Gasteiger partial charge in [0.15, 0.2) is 0 Å². The topological polar surface area (TPSA) is 57.9 Å². The highest BCUT2D eigenvalue weighted by molar-refractivity contribution is 9.09. The fourth-order valence-corrected chi connectivity index (χ4v) is 3.54. The van der Waals surface area contributed by atoms with Gasteiger partial charge in [0.1, 0.15) is 5.75 Å². The van der Waals surface area contributed by atoms with E-state index in [0.29, 0.717) is 0 Å². The summed E-state index contributed by atoms with van der Waals surface area (Å²) in [7, 11) is 1.66. The average molecular weight is 339 g/mol. The van der Waals surface area contributed by atoms with Crippen LogP contribution in [0.1, 0.15) is 15.3 Å². The number of imidazole rings is 1. The molecule has 98 valence electrons. The summed E-state index contributed by atoms with van der Waals surface area (Å²) in [6.45, 7) is 0. The number of methoxy groups -OCH3 is 1. The number of thiophene rings is 1. The Morgan fingerprint density at radius 2 is 2.05 bits per heavy atom. The van der Waals surface area contributed by atoms with Crippen LogP contribution in [-0.4, -0.2) is 17.1 Å². The molecule has 2 N–H and O–H groups in total. The average Bonchev–Trinajstić information content (AvgIpc) is 3.01. The molecule has 1 unspecified atom stereocenters. The molecule has 3 rings (SSSR count). The van der Waals surface area contributed by atoms with Gasteiger partial charge in [-0.2, -0.15) is 0 Å². The Labute approximate surface area is 121 Å². The van der Waals surface area contributed by atoms with Crippen molar-refractivity contribution in [1.29, 1.82) is 0 Å². The molecule has 6 heteroatoms. The molecule has 0 aliphatic rings. The summed E-state index contributed by atoms with van der Waals surface area (Å²) in [5, 5.41) is 1.97. The Hall–Kier alpha value is -1.53. The van der Waals surface area contributed by atoms with Crippen molar-refractivity contribution in [2.75, 3.05) is 7.11 Å². The van der Waals surface area contributed by atoms with E-state index in [1.807, 2.05) is 29.6 Å². The number of hydrogen-bond acceptors (Lipinski definition) is 3. The van der Waals surface area contributed by atoms with Crippen molar-refractivity contribution in [1.82, 2.24) is 9.97 Å². The lowest BCUT2D eigenvalue weighted by molar-refractivity contribution is 0.416. The van der Waals surface area contributed by atoms with Crippen molar-refractivity contribution in [3.8, 4) is 5.75 Å². The molecule has 0 radical (unpaired) electrons. The third-order valence-electron chi connectivity index (χ3n) is 2.91. The van der Waals surface area contributed by atoms with Crippen molar-refractivity contribution in [3.63, 3.8) is 0 Å². The maximum Gasteiger partial charge on any atom is 0.323 e. The summed E-state index contributed by atoms with van der Waals surface area (Å²) in [5.74, 6) is 0.862. The molecule has 0 saturated carbocycles. The van der Waals surface area contributed by atoms with Gasteiger partial charge in [0.05, 0.1) is 23.0 Å². The normalized spacial score (nSPS) is 12.7. The molecule has 0 saturated heterocycles. The molecular weight excluding hydrogens is 328 g/mol. The van der Waals surface area contributed by atoms with E-state index in [-0.39, 0.29) is 10.5 Å². The number of rotatable bonds is 3. The summed E-state index contributed by atoms with van der Waals surface area (Å²) >= 11 is 5.32. The van der Waals surface area contributed by atoms with Crippen molar-refractivity contribution in [3.05, 3.63) is 50.6 Å². The first kappa shape index (κ1) is 12.5. The van der Waals surface area contributed by atoms with Crippen molar-refractivity contribution < 1.29 is 4.74 Å². The smallest absolute Gasteiger partial charge is 0.323 e. The van der Waals surface area contributed by atoms with Gasteiger partial charge >= 0.3 is 5.69 Å². The molecule has 0 aliphatic carbocycles. The minimum atomic E-state index is -0.184. The van der Waals surface area contributed by atoms with Crippen LogP contribution in [0.5, 0.6) is 5.75 Å². The summed E-state index contributed by atoms with van der Waals surface area (Å²) in [6.07, 6.45) is 0. The van der Waals surface area contributed by atoms with Gasteiger partial charge in [-0.15, -0.1) is 11.3 Å². The third-order valence-corrected chi connectivity index (χ3v) is 5.21. The molecule has 3 aromatic rings. The Bertz CT molecular complexity index is 774. The van der Waals surface area contributed by atoms with Gasteiger partial charge in [-0.3, -0.25) is 0 Å². The molecule has 2 aromatic heterocycles. The fourth-order valence-electron chi connectivity index (χ4n) is 1.95. The van der Waals surface area contributed by atoms with Crippen LogP contribution in [0.2, 0.25) is 0 Å². The second-order valence-corrected chi connectivity index (χ2v) is 5.99. The van der Waals surface area contributed by atoms with E-state index in [0.717, 1.165) is 27.2 Å². The van der Waals surface area contributed by atoms with Gasteiger partial charge in [-0.25, -0.2) is 4.79 Å². The van der Waals surface area contributed by atoms with Gasteiger partial charge in [0.25, 0.3) is 0 Å². The lowest BCUT2D eigenvalue weighted by Crippen LogP contribution is -1.99. The zero-order chi connectivity index (χ0) is 13.4. The number of ether oxygens (including phenoxy) is 1. The second-order valence-electron chi connectivity index (χ2n) is 4.14. The number of halogens is 1. The molecule has 4 nitrogen and oxygen atoms in total. The van der Waals surface area contributed by atoms with Gasteiger partial charge in [0.2, 0.25) is 0 Å². The number of aromatic nitrogens is 2. The monoisotopic (exact) mass is 338 g/mol. The Morgan fingerprint density at radius 3 is 2.79 bits per heavy atom. The summed E-state index contributed by atoms with van der Waals surface area (Å²) < 4.78 is 5.19. The number of alkyl halides is 1. The maximum atomic E-state index is 11.2. The molecule has 1 aromatic carbocycles. The Morgan fingerprint density at radius 1 is 1.26 bits per heavy atom. The molecule has 0 spiro atoms. The molecular formula is C13H11BrN2O2S. The third kappa shape index (κ3) is 2.33. The quantitative estimate of drug-likeness (QED) is 0.719. The largest absolute Gasteiger partial charge is 0.496 e. The zero-order valence-electron chi connectivity index (χ0n) is 10.1. The predicted molar refractivity (Wildman–Crippen MR) is 80.6 cm³/mol. The summed E-state index contributed by atoms with van der Waals surface area (Å²) in [6, 6.07) is 7.88. The summed E-state index contributed by atoms with van der Waals surface area (Å²) in [4.78, 5) is 18.0. The second kappa shape index (κ2) is 4.86. The maximum absolute atomic E-state index is 11.2. The van der Waals surface area contributed by atoms with E-state index in [1.54, 1.807) is 18.4 Å². The fraction of sp³-hybridized carbons (Fsp3) is 0.154. The van der Waals surface area contributed by atoms with Crippen LogP contribution in [0.4, 0.5) is 0 Å². The van der Waals surface area contributed by atoms with Crippen LogP contribution < -0.4 is 10.4 Å². The number of aromatic amines is 2. The molecule has 2 heterocycles. The molecule has 0 aliphatic heterocycles. The number of nitrogens with one attached hydrogen (secondary N) is 2. The highest BCUT2D eigenvalue weighted by atomic mass is 79.9. The standard InChI is InChI=1S/C13H11BrN2O2S/c1-18-8-5-11(19-6-8)12(14)7-2-3-9-10(4-7)16-13(17)15-9/h2-6,12H,1H3,(H2,15,16,17). The first-order valence-corrected chi connectivity index (χ1v) is 7.45. The first-order valence-electron chi connectivity index (χ1n) is 5.66. The first-order chi connectivity index (χ1) is 9.17. The van der Waals surface area contributed by atoms with Gasteiger partial charge in [-0.05, 0) is 23.8 Å². The van der Waals surface area contributed by atoms with Crippen LogP contribution in [0.3, 0.4) is 0 Å². The van der Waals surface area contributed by atoms with Crippen molar-refractivity contribution >= 4 is 38.3 Å². The van der Waals surface area contributed by atoms with Crippen LogP contribution in [0.25, 0.3) is 11.0 Å². The van der Waals surface area contributed by atoms with Gasteiger partial charge in [-0.1, -0.05) is 22.0 Å². The van der Waals surface area contributed by atoms with Crippen molar-refractivity contribution in [2.24, 2.45) is 0 Å². The predicted octanol–water partition coefficient (Wildman–Crippen LogP) is 3.41. The van der Waals surface area contributed by atoms with E-state index in [4.69, 9.17) is 4.74 Å². The van der Waals surface area contributed by atoms with E-state index < -0.39 is 0 Å². The van der Waals surface area contributed by atoms with E-state index >= 15 is 0 Å². The van der Waals surface area contributed by atoms with E-state index in [9.17, 15) is 4.79 Å². The van der Waals surface area contributed by atoms with Crippen molar-refractivity contribution in [2.45, 2.75) is 4.83 Å². The van der Waals surface area contributed by atoms with Gasteiger partial charge < -0.3 is 14.7 Å². The number of benzene rings is 1. The van der Waals surface area contributed by atoms with E-state index in [1.165, 1.54) is 0 Å². The van der Waals surface area contributed by atoms with Crippen LogP contribution in [-0.2, 0) is 0 Å². The molecule has 0 amide bonds. The highest BCUT2D eigenvalue weighted by Gasteiger charge is 2.14. The zero-order valence-corrected chi connectivity index (χ0v) is 12.5. The van der Waals surface area contributed by atoms with Crippen LogP contribution in [0, 0.1) is 0 Å². The van der Waals surface area contributed by atoms with E-state index in [2.05, 4.69) is 25.9 Å². The van der Waals surface area contributed by atoms with Gasteiger partial charge in [0, 0.05) is 10.3 Å². The lowest BCUT2D eigenvalue weighted by atomic mass is 10.1. The number of H-pyrrole nitrogens is 2. The minimum absolute atomic E-state index is 0.0872. The van der Waals surface area contributed by atoms with Crippen LogP contribution >= 0.6 is 27.3 Å².